The molecule has 0 unspecified atom stereocenters. The number of ether oxygens (including phenoxy) is 1. The SMILES string of the molecule is CC(=O)NS(=O)(=O)c1ccc(NC(=O)COC(=O)c2ccc3nc(-c4cccnc4)[nH]c3c2)cc1. The summed E-state index contributed by atoms with van der Waals surface area (Å²) < 4.78 is 30.8. The van der Waals surface area contributed by atoms with Gasteiger partial charge in [0.05, 0.1) is 21.5 Å². The lowest BCUT2D eigenvalue weighted by Gasteiger charge is -2.08. The highest BCUT2D eigenvalue weighted by Gasteiger charge is 2.16. The third kappa shape index (κ3) is 5.68. The number of rotatable bonds is 7. The van der Waals surface area contributed by atoms with E-state index in [9.17, 15) is 22.8 Å². The van der Waals surface area contributed by atoms with Crippen LogP contribution in [0.1, 0.15) is 17.3 Å². The lowest BCUT2D eigenvalue weighted by molar-refractivity contribution is -0.119. The van der Waals surface area contributed by atoms with Gasteiger partial charge in [-0.3, -0.25) is 14.6 Å². The Labute approximate surface area is 199 Å². The van der Waals surface area contributed by atoms with Crippen LogP contribution in [0, 0.1) is 0 Å². The quantitative estimate of drug-likeness (QED) is 0.330. The summed E-state index contributed by atoms with van der Waals surface area (Å²) in [6, 6.07) is 13.6. The van der Waals surface area contributed by atoms with E-state index >= 15 is 0 Å². The molecule has 0 radical (unpaired) electrons. The van der Waals surface area contributed by atoms with Crippen molar-refractivity contribution in [2.24, 2.45) is 0 Å². The standard InChI is InChI=1S/C23H19N5O6S/c1-14(29)28-35(32,33)18-7-5-17(6-8-18)25-21(30)13-34-23(31)15-4-9-19-20(11-15)27-22(26-19)16-3-2-10-24-12-16/h2-12H,13H2,1H3,(H,25,30)(H,26,27)(H,28,29). The van der Waals surface area contributed by atoms with Crippen LogP contribution in [0.15, 0.2) is 71.9 Å². The van der Waals surface area contributed by atoms with E-state index in [2.05, 4.69) is 20.3 Å². The van der Waals surface area contributed by atoms with Crippen molar-refractivity contribution in [2.75, 3.05) is 11.9 Å². The Hall–Kier alpha value is -4.58. The van der Waals surface area contributed by atoms with Gasteiger partial charge >= 0.3 is 5.97 Å². The van der Waals surface area contributed by atoms with Gasteiger partial charge in [0.2, 0.25) is 5.91 Å². The topological polar surface area (TPSA) is 160 Å². The van der Waals surface area contributed by atoms with Crippen LogP contribution in [-0.4, -0.2) is 47.8 Å². The molecule has 0 saturated heterocycles. The lowest BCUT2D eigenvalue weighted by Crippen LogP contribution is -2.28. The zero-order valence-electron chi connectivity index (χ0n) is 18.3. The fraction of sp³-hybridized carbons (Fsp3) is 0.0870. The van der Waals surface area contributed by atoms with E-state index in [0.29, 0.717) is 16.9 Å². The van der Waals surface area contributed by atoms with E-state index < -0.39 is 34.4 Å². The number of anilines is 1. The lowest BCUT2D eigenvalue weighted by atomic mass is 10.2. The monoisotopic (exact) mass is 493 g/mol. The minimum Gasteiger partial charge on any atom is -0.452 e. The van der Waals surface area contributed by atoms with Crippen molar-refractivity contribution in [1.82, 2.24) is 19.7 Å². The van der Waals surface area contributed by atoms with Crippen molar-refractivity contribution < 1.29 is 27.5 Å². The first-order valence-corrected chi connectivity index (χ1v) is 11.7. The van der Waals surface area contributed by atoms with Crippen molar-refractivity contribution in [3.05, 3.63) is 72.6 Å². The molecule has 2 aromatic carbocycles. The maximum Gasteiger partial charge on any atom is 0.338 e. The van der Waals surface area contributed by atoms with E-state index in [1.54, 1.807) is 36.7 Å². The first-order chi connectivity index (χ1) is 16.7. The smallest absolute Gasteiger partial charge is 0.338 e. The Morgan fingerprint density at radius 1 is 1.06 bits per heavy atom. The number of carbonyl (C=O) groups is 3. The van der Waals surface area contributed by atoms with Gasteiger partial charge in [0.25, 0.3) is 15.9 Å². The van der Waals surface area contributed by atoms with Crippen LogP contribution < -0.4 is 10.0 Å². The molecule has 0 atom stereocenters. The number of esters is 1. The zero-order valence-corrected chi connectivity index (χ0v) is 19.1. The van der Waals surface area contributed by atoms with Crippen LogP contribution in [0.5, 0.6) is 0 Å². The molecule has 0 aliphatic heterocycles. The Morgan fingerprint density at radius 3 is 2.51 bits per heavy atom. The summed E-state index contributed by atoms with van der Waals surface area (Å²) in [5, 5.41) is 2.50. The van der Waals surface area contributed by atoms with Crippen molar-refractivity contribution in [1.29, 1.82) is 0 Å². The Bertz CT molecular complexity index is 1520. The van der Waals surface area contributed by atoms with Gasteiger partial charge < -0.3 is 15.0 Å². The second-order valence-corrected chi connectivity index (χ2v) is 9.05. The maximum atomic E-state index is 12.4. The average molecular weight is 494 g/mol. The summed E-state index contributed by atoms with van der Waals surface area (Å²) in [4.78, 5) is 47.1. The molecular formula is C23H19N5O6S. The molecule has 0 fully saturated rings. The predicted molar refractivity (Wildman–Crippen MR) is 126 cm³/mol. The number of aromatic amines is 1. The van der Waals surface area contributed by atoms with Gasteiger partial charge in [-0.15, -0.1) is 0 Å². The van der Waals surface area contributed by atoms with Crippen LogP contribution in [0.4, 0.5) is 5.69 Å². The van der Waals surface area contributed by atoms with E-state index in [1.165, 1.54) is 24.3 Å². The number of hydrogen-bond acceptors (Lipinski definition) is 8. The number of nitrogens with zero attached hydrogens (tertiary/aromatic N) is 2. The number of H-pyrrole nitrogens is 1. The molecule has 4 rings (SSSR count). The van der Waals surface area contributed by atoms with Gasteiger partial charge in [-0.1, -0.05) is 0 Å². The van der Waals surface area contributed by atoms with Crippen molar-refractivity contribution in [3.8, 4) is 11.4 Å². The number of pyridine rings is 1. The number of imidazole rings is 1. The molecule has 0 spiro atoms. The van der Waals surface area contributed by atoms with Crippen LogP contribution in [0.3, 0.4) is 0 Å². The van der Waals surface area contributed by atoms with Crippen molar-refractivity contribution in [2.45, 2.75) is 11.8 Å². The van der Waals surface area contributed by atoms with Gasteiger partial charge in [0, 0.05) is 30.6 Å². The molecule has 0 aliphatic rings. The number of carbonyl (C=O) groups excluding carboxylic acids is 3. The zero-order chi connectivity index (χ0) is 25.0. The Morgan fingerprint density at radius 2 is 1.83 bits per heavy atom. The summed E-state index contributed by atoms with van der Waals surface area (Å²) in [5.41, 5.74) is 2.60. The number of sulfonamides is 1. The van der Waals surface area contributed by atoms with Gasteiger partial charge in [-0.2, -0.15) is 0 Å². The normalized spacial score (nSPS) is 11.1. The van der Waals surface area contributed by atoms with Crippen LogP contribution >= 0.6 is 0 Å². The van der Waals surface area contributed by atoms with Crippen molar-refractivity contribution in [3.63, 3.8) is 0 Å². The van der Waals surface area contributed by atoms with Gasteiger partial charge in [-0.05, 0) is 54.6 Å². The Kier molecular flexibility index (Phi) is 6.55. The van der Waals surface area contributed by atoms with Crippen LogP contribution in [0.25, 0.3) is 22.4 Å². The molecule has 3 N–H and O–H groups in total. The molecule has 2 amide bonds. The number of benzene rings is 2. The van der Waals surface area contributed by atoms with Gasteiger partial charge in [0.1, 0.15) is 5.82 Å². The van der Waals surface area contributed by atoms with Crippen LogP contribution in [-0.2, 0) is 24.3 Å². The molecule has 0 saturated carbocycles. The number of hydrogen-bond donors (Lipinski definition) is 3. The third-order valence-corrected chi connectivity index (χ3v) is 6.16. The molecule has 2 aromatic heterocycles. The van der Waals surface area contributed by atoms with Crippen LogP contribution in [0.2, 0.25) is 0 Å². The van der Waals surface area contributed by atoms with Gasteiger partial charge in [0.15, 0.2) is 6.61 Å². The number of fused-ring (bicyclic) bond motifs is 1. The summed E-state index contributed by atoms with van der Waals surface area (Å²) in [6.07, 6.45) is 3.32. The molecular weight excluding hydrogens is 474 g/mol. The minimum absolute atomic E-state index is 0.141. The molecule has 4 aromatic rings. The highest BCUT2D eigenvalue weighted by Crippen LogP contribution is 2.21. The second kappa shape index (κ2) is 9.73. The summed E-state index contributed by atoms with van der Waals surface area (Å²) in [5.74, 6) is -1.42. The first kappa shape index (κ1) is 23.6. The highest BCUT2D eigenvalue weighted by atomic mass is 32.2. The molecule has 12 heteroatoms. The number of aromatic nitrogens is 3. The predicted octanol–water partition coefficient (Wildman–Crippen LogP) is 2.25. The van der Waals surface area contributed by atoms with E-state index in [-0.39, 0.29) is 16.1 Å². The average Bonchev–Trinajstić information content (AvgIpc) is 3.26. The largest absolute Gasteiger partial charge is 0.452 e. The second-order valence-electron chi connectivity index (χ2n) is 7.37. The van der Waals surface area contributed by atoms with E-state index in [1.807, 2.05) is 10.8 Å². The molecule has 11 nitrogen and oxygen atoms in total. The molecule has 0 aliphatic carbocycles. The third-order valence-electron chi connectivity index (χ3n) is 4.71. The molecule has 178 valence electrons. The summed E-state index contributed by atoms with van der Waals surface area (Å²) in [6.45, 7) is 0.535. The van der Waals surface area contributed by atoms with Crippen molar-refractivity contribution >= 4 is 44.5 Å². The van der Waals surface area contributed by atoms with E-state index in [4.69, 9.17) is 4.74 Å². The number of nitrogens with one attached hydrogen (secondary N) is 3. The Balaban J connectivity index is 1.36. The molecule has 0 bridgehead atoms. The minimum atomic E-state index is -3.98. The highest BCUT2D eigenvalue weighted by molar-refractivity contribution is 7.90. The fourth-order valence-electron chi connectivity index (χ4n) is 3.15. The molecule has 2 heterocycles. The fourth-order valence-corrected chi connectivity index (χ4v) is 4.14. The summed E-state index contributed by atoms with van der Waals surface area (Å²) >= 11 is 0. The van der Waals surface area contributed by atoms with E-state index in [0.717, 1.165) is 12.5 Å². The van der Waals surface area contributed by atoms with Gasteiger partial charge in [-0.25, -0.2) is 22.9 Å². The maximum absolute atomic E-state index is 12.4. The first-order valence-electron chi connectivity index (χ1n) is 10.2. The summed E-state index contributed by atoms with van der Waals surface area (Å²) in [7, 11) is -3.98. The number of amides is 2. The molecule has 35 heavy (non-hydrogen) atoms.